The van der Waals surface area contributed by atoms with Crippen molar-refractivity contribution in [3.8, 4) is 33.9 Å². The molecule has 0 aliphatic heterocycles. The fraction of sp³-hybridized carbons (Fsp3) is 0.143. The van der Waals surface area contributed by atoms with Crippen LogP contribution in [0.15, 0.2) is 61.2 Å². The summed E-state index contributed by atoms with van der Waals surface area (Å²) in [7, 11) is 4.90. The second-order valence-electron chi connectivity index (χ2n) is 7.99. The predicted molar refractivity (Wildman–Crippen MR) is 139 cm³/mol. The molecule has 0 bridgehead atoms. The highest BCUT2D eigenvalue weighted by Gasteiger charge is 2.28. The van der Waals surface area contributed by atoms with Crippen molar-refractivity contribution in [1.82, 2.24) is 19.9 Å². The fourth-order valence-corrected chi connectivity index (χ4v) is 3.98. The highest BCUT2D eigenvalue weighted by atomic mass is 16.5. The topological polar surface area (TPSA) is 157 Å². The number of carbonyl (C=O) groups is 4. The largest absolute Gasteiger partial charge is 0.465 e. The van der Waals surface area contributed by atoms with E-state index in [1.54, 1.807) is 0 Å². The number of hydrogen-bond donors (Lipinski definition) is 0. The van der Waals surface area contributed by atoms with Crippen molar-refractivity contribution in [2.75, 3.05) is 28.4 Å². The minimum Gasteiger partial charge on any atom is -0.465 e. The molecule has 0 spiro atoms. The first kappa shape index (κ1) is 27.5. The summed E-state index contributed by atoms with van der Waals surface area (Å²) in [5.41, 5.74) is 1.31. The number of nitrogens with zero attached hydrogens (tertiary/aromatic N) is 4. The molecule has 0 aromatic carbocycles. The molecule has 4 heterocycles. The van der Waals surface area contributed by atoms with E-state index in [-0.39, 0.29) is 56.2 Å². The molecule has 0 aliphatic rings. The number of aromatic nitrogens is 4. The number of methoxy groups -OCH3 is 4. The molecule has 0 radical (unpaired) electrons. The van der Waals surface area contributed by atoms with Gasteiger partial charge >= 0.3 is 23.9 Å². The van der Waals surface area contributed by atoms with Crippen molar-refractivity contribution in [2.24, 2.45) is 0 Å². The van der Waals surface area contributed by atoms with E-state index in [0.29, 0.717) is 0 Å². The lowest BCUT2D eigenvalue weighted by Crippen LogP contribution is -2.11. The minimum atomic E-state index is -0.727. The normalized spacial score (nSPS) is 10.4. The molecule has 0 N–H and O–H groups in total. The number of carbonyl (C=O) groups excluding carboxylic acids is 4. The van der Waals surface area contributed by atoms with Gasteiger partial charge in [0.2, 0.25) is 0 Å². The molecule has 0 unspecified atom stereocenters. The molecular weight excluding hydrogens is 520 g/mol. The molecule has 0 saturated heterocycles. The summed E-state index contributed by atoms with van der Waals surface area (Å²) in [6.07, 6.45) is 5.48. The van der Waals surface area contributed by atoms with Crippen molar-refractivity contribution in [3.05, 3.63) is 83.4 Å². The van der Waals surface area contributed by atoms with E-state index in [9.17, 15) is 19.2 Å². The maximum Gasteiger partial charge on any atom is 0.338 e. The Bertz CT molecular complexity index is 1640. The summed E-state index contributed by atoms with van der Waals surface area (Å²) in [5.74, 6) is -2.69. The lowest BCUT2D eigenvalue weighted by Gasteiger charge is -2.17. The highest BCUT2D eigenvalue weighted by molar-refractivity contribution is 6.07. The Hall–Kier alpha value is -5.52. The van der Waals surface area contributed by atoms with Gasteiger partial charge in [0.1, 0.15) is 0 Å². The summed E-state index contributed by atoms with van der Waals surface area (Å²) in [6, 6.07) is 8.61. The van der Waals surface area contributed by atoms with Gasteiger partial charge in [-0.05, 0) is 36.4 Å². The molecule has 12 nitrogen and oxygen atoms in total. The van der Waals surface area contributed by atoms with E-state index in [4.69, 9.17) is 18.9 Å². The van der Waals surface area contributed by atoms with Gasteiger partial charge in [0.05, 0.1) is 73.5 Å². The molecule has 40 heavy (non-hydrogen) atoms. The molecule has 0 fully saturated rings. The number of pyridine rings is 4. The third-order valence-corrected chi connectivity index (χ3v) is 5.81. The van der Waals surface area contributed by atoms with Gasteiger partial charge in [-0.3, -0.25) is 19.9 Å². The Morgan fingerprint density at radius 2 is 0.925 bits per heavy atom. The van der Waals surface area contributed by atoms with Crippen LogP contribution < -0.4 is 0 Å². The Labute approximate surface area is 228 Å². The molecule has 12 heteroatoms. The van der Waals surface area contributed by atoms with E-state index in [0.717, 1.165) is 0 Å². The third kappa shape index (κ3) is 5.23. The van der Waals surface area contributed by atoms with Crippen LogP contribution in [0.25, 0.3) is 33.9 Å². The molecule has 202 valence electrons. The number of rotatable bonds is 7. The van der Waals surface area contributed by atoms with Crippen molar-refractivity contribution in [1.29, 1.82) is 0 Å². The summed E-state index contributed by atoms with van der Waals surface area (Å²) in [6.45, 7) is 0. The second-order valence-corrected chi connectivity index (χ2v) is 7.99. The van der Waals surface area contributed by atoms with E-state index < -0.39 is 23.9 Å². The number of hydrogen-bond acceptors (Lipinski definition) is 12. The van der Waals surface area contributed by atoms with Gasteiger partial charge in [0.25, 0.3) is 0 Å². The van der Waals surface area contributed by atoms with Gasteiger partial charge in [-0.25, -0.2) is 19.2 Å². The van der Waals surface area contributed by atoms with Crippen molar-refractivity contribution < 1.29 is 38.1 Å². The summed E-state index contributed by atoms with van der Waals surface area (Å²) in [4.78, 5) is 68.1. The summed E-state index contributed by atoms with van der Waals surface area (Å²) in [5, 5.41) is 0. The van der Waals surface area contributed by atoms with Gasteiger partial charge in [-0.1, -0.05) is 0 Å². The van der Waals surface area contributed by atoms with E-state index in [1.807, 2.05) is 0 Å². The van der Waals surface area contributed by atoms with Crippen LogP contribution >= 0.6 is 0 Å². The quantitative estimate of drug-likeness (QED) is 0.248. The zero-order valence-electron chi connectivity index (χ0n) is 21.8. The molecule has 4 aromatic rings. The summed E-state index contributed by atoms with van der Waals surface area (Å²) >= 11 is 0. The van der Waals surface area contributed by atoms with Crippen LogP contribution in [0.3, 0.4) is 0 Å². The van der Waals surface area contributed by atoms with Gasteiger partial charge in [-0.2, -0.15) is 0 Å². The summed E-state index contributed by atoms with van der Waals surface area (Å²) < 4.78 is 19.7. The minimum absolute atomic E-state index is 0.0395. The van der Waals surface area contributed by atoms with Crippen molar-refractivity contribution in [3.63, 3.8) is 0 Å². The molecule has 0 aliphatic carbocycles. The smallest absolute Gasteiger partial charge is 0.338 e. The lowest BCUT2D eigenvalue weighted by molar-refractivity contribution is 0.0591. The predicted octanol–water partition coefficient (Wildman–Crippen LogP) is 3.41. The second kappa shape index (κ2) is 11.9. The van der Waals surface area contributed by atoms with Crippen molar-refractivity contribution in [2.45, 2.75) is 0 Å². The Morgan fingerprint density at radius 1 is 0.500 bits per heavy atom. The van der Waals surface area contributed by atoms with Crippen LogP contribution in [0, 0.1) is 0 Å². The van der Waals surface area contributed by atoms with Crippen LogP contribution in [-0.2, 0) is 18.9 Å². The fourth-order valence-electron chi connectivity index (χ4n) is 3.98. The first-order valence-corrected chi connectivity index (χ1v) is 11.6. The lowest BCUT2D eigenvalue weighted by atomic mass is 9.92. The Balaban J connectivity index is 2.12. The molecule has 0 saturated carbocycles. The molecule has 0 amide bonds. The van der Waals surface area contributed by atoms with E-state index in [2.05, 4.69) is 19.9 Å². The Kier molecular flexibility index (Phi) is 8.19. The van der Waals surface area contributed by atoms with Crippen LogP contribution in [0.5, 0.6) is 0 Å². The van der Waals surface area contributed by atoms with E-state index in [1.165, 1.54) is 89.6 Å². The zero-order valence-corrected chi connectivity index (χ0v) is 21.8. The number of ether oxygens (including phenoxy) is 4. The molecule has 4 aromatic heterocycles. The maximum absolute atomic E-state index is 13.0. The molecule has 4 rings (SSSR count). The number of esters is 4. The SMILES string of the molecule is COC(=O)c1ccnc(-c2nccc(C(=O)OC)c2-c2nccc(C(=O)OC)c2-c2cc(C(=O)OC)ccn2)c1. The van der Waals surface area contributed by atoms with E-state index >= 15 is 0 Å². The first-order chi connectivity index (χ1) is 19.3. The maximum atomic E-state index is 13.0. The van der Waals surface area contributed by atoms with Crippen LogP contribution in [0.1, 0.15) is 41.4 Å². The zero-order chi connectivity index (χ0) is 28.8. The monoisotopic (exact) mass is 542 g/mol. The van der Waals surface area contributed by atoms with Gasteiger partial charge in [0.15, 0.2) is 0 Å². The standard InChI is InChI=1S/C28H22N4O8/c1-37-25(33)15-5-9-29-19(13-15)21-17(27(35)39-3)7-12-32-24(21)22-18(28(36)40-4)8-11-31-23(22)20-14-16(6-10-30-20)26(34)38-2/h5-14H,1-4H3. The average Bonchev–Trinajstić information content (AvgIpc) is 3.02. The van der Waals surface area contributed by atoms with Crippen molar-refractivity contribution >= 4 is 23.9 Å². The van der Waals surface area contributed by atoms with Gasteiger partial charge < -0.3 is 18.9 Å². The van der Waals surface area contributed by atoms with Gasteiger partial charge in [0, 0.05) is 35.9 Å². The van der Waals surface area contributed by atoms with Gasteiger partial charge in [-0.15, -0.1) is 0 Å². The highest BCUT2D eigenvalue weighted by Crippen LogP contribution is 2.39. The van der Waals surface area contributed by atoms with Crippen LogP contribution in [0.2, 0.25) is 0 Å². The average molecular weight is 543 g/mol. The molecular formula is C28H22N4O8. The Morgan fingerprint density at radius 3 is 1.45 bits per heavy atom. The first-order valence-electron chi connectivity index (χ1n) is 11.6. The molecule has 0 atom stereocenters. The van der Waals surface area contributed by atoms with Crippen LogP contribution in [0.4, 0.5) is 0 Å². The third-order valence-electron chi connectivity index (χ3n) is 5.81. The van der Waals surface area contributed by atoms with Crippen LogP contribution in [-0.4, -0.2) is 72.3 Å².